The van der Waals surface area contributed by atoms with Crippen LogP contribution in [-0.2, 0) is 14.3 Å². The molecule has 1 amide bonds. The van der Waals surface area contributed by atoms with Crippen LogP contribution in [0.1, 0.15) is 26.7 Å². The molecule has 94 valence electrons. The second-order valence-corrected chi connectivity index (χ2v) is 3.54. The van der Waals surface area contributed by atoms with Crippen LogP contribution in [0.3, 0.4) is 0 Å². The van der Waals surface area contributed by atoms with Gasteiger partial charge in [0, 0.05) is 13.1 Å². The lowest BCUT2D eigenvalue weighted by Gasteiger charge is -2.18. The monoisotopic (exact) mass is 230 g/mol. The third-order valence-corrected chi connectivity index (χ3v) is 2.25. The quantitative estimate of drug-likeness (QED) is 0.613. The van der Waals surface area contributed by atoms with Gasteiger partial charge in [0.15, 0.2) is 0 Å². The molecule has 0 aliphatic heterocycles. The molecule has 0 rings (SSSR count). The van der Waals surface area contributed by atoms with E-state index in [4.69, 9.17) is 0 Å². The fraction of sp³-hybridized carbons (Fsp3) is 0.818. The van der Waals surface area contributed by atoms with Crippen LogP contribution in [0.2, 0.25) is 0 Å². The molecule has 0 fully saturated rings. The zero-order valence-electron chi connectivity index (χ0n) is 10.4. The maximum absolute atomic E-state index is 11.4. The largest absolute Gasteiger partial charge is 0.469 e. The van der Waals surface area contributed by atoms with Crippen molar-refractivity contribution >= 4 is 11.9 Å². The van der Waals surface area contributed by atoms with Crippen molar-refractivity contribution in [3.8, 4) is 0 Å². The second kappa shape index (κ2) is 9.15. The number of ether oxygens (including phenoxy) is 1. The minimum atomic E-state index is -0.243. The number of rotatable bonds is 8. The van der Waals surface area contributed by atoms with Crippen LogP contribution in [-0.4, -0.2) is 50.1 Å². The number of methoxy groups -OCH3 is 1. The number of esters is 1. The molecule has 1 N–H and O–H groups in total. The van der Waals surface area contributed by atoms with E-state index in [1.807, 2.05) is 18.7 Å². The predicted molar refractivity (Wildman–Crippen MR) is 62.0 cm³/mol. The van der Waals surface area contributed by atoms with E-state index in [-0.39, 0.29) is 11.9 Å². The highest BCUT2D eigenvalue weighted by Gasteiger charge is 2.10. The van der Waals surface area contributed by atoms with Gasteiger partial charge in [-0.05, 0) is 13.0 Å². The molecule has 0 aromatic rings. The van der Waals surface area contributed by atoms with E-state index in [0.29, 0.717) is 26.1 Å². The van der Waals surface area contributed by atoms with E-state index in [1.54, 1.807) is 0 Å². The summed E-state index contributed by atoms with van der Waals surface area (Å²) in [5, 5.41) is 2.80. The predicted octanol–water partition coefficient (Wildman–Crippen LogP) is 0.398. The summed E-state index contributed by atoms with van der Waals surface area (Å²) in [6, 6.07) is 0. The van der Waals surface area contributed by atoms with Crippen molar-refractivity contribution in [2.75, 3.05) is 33.3 Å². The Kier molecular flexibility index (Phi) is 8.52. The molecular formula is C11H22N2O3. The number of hydrogen-bond donors (Lipinski definition) is 1. The summed E-state index contributed by atoms with van der Waals surface area (Å²) in [6.07, 6.45) is 1.26. The summed E-state index contributed by atoms with van der Waals surface area (Å²) in [6.45, 7) is 6.32. The van der Waals surface area contributed by atoms with Gasteiger partial charge >= 0.3 is 5.97 Å². The van der Waals surface area contributed by atoms with Crippen molar-refractivity contribution in [3.05, 3.63) is 0 Å². The molecule has 0 saturated carbocycles. The topological polar surface area (TPSA) is 58.6 Å². The van der Waals surface area contributed by atoms with Crippen LogP contribution in [0.15, 0.2) is 0 Å². The molecule has 0 unspecified atom stereocenters. The molecule has 0 heterocycles. The molecule has 0 radical (unpaired) electrons. The van der Waals surface area contributed by atoms with Gasteiger partial charge in [0.05, 0.1) is 20.1 Å². The van der Waals surface area contributed by atoms with Crippen molar-refractivity contribution in [1.29, 1.82) is 0 Å². The molecule has 5 nitrogen and oxygen atoms in total. The number of nitrogens with one attached hydrogen (secondary N) is 1. The first-order chi connectivity index (χ1) is 7.63. The van der Waals surface area contributed by atoms with Gasteiger partial charge in [0.1, 0.15) is 0 Å². The molecule has 5 heteroatoms. The highest BCUT2D eigenvalue weighted by molar-refractivity contribution is 5.78. The first-order valence-electron chi connectivity index (χ1n) is 5.69. The van der Waals surface area contributed by atoms with Crippen LogP contribution in [0.25, 0.3) is 0 Å². The Bertz CT molecular complexity index is 219. The first kappa shape index (κ1) is 14.9. The molecular weight excluding hydrogens is 208 g/mol. The van der Waals surface area contributed by atoms with Crippen LogP contribution in [0.4, 0.5) is 0 Å². The minimum absolute atomic E-state index is 0.00793. The number of hydrogen-bond acceptors (Lipinski definition) is 4. The molecule has 0 saturated heterocycles. The standard InChI is InChI=1S/C11H22N2O3/c1-4-7-12-10(14)9-13(5-2)8-6-11(15)16-3/h4-9H2,1-3H3,(H,12,14). The van der Waals surface area contributed by atoms with Gasteiger partial charge in [-0.2, -0.15) is 0 Å². The fourth-order valence-electron chi connectivity index (χ4n) is 1.22. The van der Waals surface area contributed by atoms with E-state index in [0.717, 1.165) is 13.0 Å². The van der Waals surface area contributed by atoms with Gasteiger partial charge in [0.25, 0.3) is 0 Å². The van der Waals surface area contributed by atoms with E-state index in [9.17, 15) is 9.59 Å². The average molecular weight is 230 g/mol. The third kappa shape index (κ3) is 7.23. The Hall–Kier alpha value is -1.10. The number of nitrogens with zero attached hydrogens (tertiary/aromatic N) is 1. The van der Waals surface area contributed by atoms with E-state index < -0.39 is 0 Å². The zero-order valence-corrected chi connectivity index (χ0v) is 10.4. The van der Waals surface area contributed by atoms with Crippen molar-refractivity contribution in [2.45, 2.75) is 26.7 Å². The smallest absolute Gasteiger partial charge is 0.306 e. The Labute approximate surface area is 97.1 Å². The number of amides is 1. The number of carbonyl (C=O) groups excluding carboxylic acids is 2. The molecule has 0 aliphatic rings. The van der Waals surface area contributed by atoms with Crippen molar-refractivity contribution in [1.82, 2.24) is 10.2 Å². The Morgan fingerprint density at radius 3 is 2.50 bits per heavy atom. The van der Waals surface area contributed by atoms with Gasteiger partial charge in [-0.1, -0.05) is 13.8 Å². The second-order valence-electron chi connectivity index (χ2n) is 3.54. The van der Waals surface area contributed by atoms with Gasteiger partial charge in [-0.15, -0.1) is 0 Å². The first-order valence-corrected chi connectivity index (χ1v) is 5.69. The van der Waals surface area contributed by atoms with E-state index >= 15 is 0 Å². The Morgan fingerprint density at radius 1 is 1.31 bits per heavy atom. The van der Waals surface area contributed by atoms with Crippen molar-refractivity contribution in [2.24, 2.45) is 0 Å². The number of likely N-dealkylation sites (N-methyl/N-ethyl adjacent to an activating group) is 1. The molecule has 16 heavy (non-hydrogen) atoms. The van der Waals surface area contributed by atoms with Crippen LogP contribution < -0.4 is 5.32 Å². The molecule has 0 spiro atoms. The van der Waals surface area contributed by atoms with Gasteiger partial charge in [-0.25, -0.2) is 0 Å². The van der Waals surface area contributed by atoms with Crippen LogP contribution >= 0.6 is 0 Å². The maximum atomic E-state index is 11.4. The van der Waals surface area contributed by atoms with Crippen molar-refractivity contribution in [3.63, 3.8) is 0 Å². The normalized spacial score (nSPS) is 10.2. The summed E-state index contributed by atoms with van der Waals surface area (Å²) in [5.41, 5.74) is 0. The average Bonchev–Trinajstić information content (AvgIpc) is 2.31. The van der Waals surface area contributed by atoms with Crippen LogP contribution in [0.5, 0.6) is 0 Å². The van der Waals surface area contributed by atoms with Gasteiger partial charge < -0.3 is 10.1 Å². The molecule has 0 atom stereocenters. The van der Waals surface area contributed by atoms with Gasteiger partial charge in [-0.3, -0.25) is 14.5 Å². The lowest BCUT2D eigenvalue weighted by atomic mass is 10.3. The highest BCUT2D eigenvalue weighted by Crippen LogP contribution is 1.93. The summed E-state index contributed by atoms with van der Waals surface area (Å²) in [4.78, 5) is 24.3. The van der Waals surface area contributed by atoms with E-state index in [2.05, 4.69) is 10.1 Å². The lowest BCUT2D eigenvalue weighted by molar-refractivity contribution is -0.141. The van der Waals surface area contributed by atoms with Gasteiger partial charge in [0.2, 0.25) is 5.91 Å². The van der Waals surface area contributed by atoms with Crippen LogP contribution in [0, 0.1) is 0 Å². The Morgan fingerprint density at radius 2 is 2.00 bits per heavy atom. The van der Waals surface area contributed by atoms with E-state index in [1.165, 1.54) is 7.11 Å². The summed E-state index contributed by atoms with van der Waals surface area (Å²) >= 11 is 0. The SMILES string of the molecule is CCCNC(=O)CN(CC)CCC(=O)OC. The molecule has 0 aromatic heterocycles. The maximum Gasteiger partial charge on any atom is 0.306 e. The summed E-state index contributed by atoms with van der Waals surface area (Å²) < 4.78 is 4.55. The zero-order chi connectivity index (χ0) is 12.4. The number of carbonyl (C=O) groups is 2. The molecule has 0 aromatic carbocycles. The molecule has 0 aliphatic carbocycles. The highest BCUT2D eigenvalue weighted by atomic mass is 16.5. The Balaban J connectivity index is 3.81. The lowest BCUT2D eigenvalue weighted by Crippen LogP contribution is -2.38. The fourth-order valence-corrected chi connectivity index (χ4v) is 1.22. The summed E-state index contributed by atoms with van der Waals surface area (Å²) in [7, 11) is 1.37. The molecule has 0 bridgehead atoms. The third-order valence-electron chi connectivity index (χ3n) is 2.25. The summed E-state index contributed by atoms with van der Waals surface area (Å²) in [5.74, 6) is -0.235. The minimum Gasteiger partial charge on any atom is -0.469 e. The van der Waals surface area contributed by atoms with Crippen molar-refractivity contribution < 1.29 is 14.3 Å².